The minimum absolute atomic E-state index is 0.0378. The number of nitrogens with zero attached hydrogens (tertiary/aromatic N) is 1. The molecule has 0 radical (unpaired) electrons. The van der Waals surface area contributed by atoms with Gasteiger partial charge in [-0.3, -0.25) is 0 Å². The lowest BCUT2D eigenvalue weighted by Crippen LogP contribution is -2.12. The maximum atomic E-state index is 13.0. The van der Waals surface area contributed by atoms with Crippen molar-refractivity contribution < 1.29 is 18.0 Å². The predicted molar refractivity (Wildman–Crippen MR) is 89.9 cm³/mol. The SMILES string of the molecule is CC(=NOCc1ccc(Cl)c(Cl)c1)c1cc(Cl)ccc1C(F)(F)F. The van der Waals surface area contributed by atoms with E-state index in [0.717, 1.165) is 6.07 Å². The number of benzene rings is 2. The van der Waals surface area contributed by atoms with Crippen molar-refractivity contribution in [3.8, 4) is 0 Å². The van der Waals surface area contributed by atoms with E-state index in [9.17, 15) is 13.2 Å². The number of alkyl halides is 3. The van der Waals surface area contributed by atoms with Gasteiger partial charge < -0.3 is 4.84 Å². The van der Waals surface area contributed by atoms with Crippen LogP contribution in [-0.4, -0.2) is 5.71 Å². The van der Waals surface area contributed by atoms with Gasteiger partial charge in [-0.2, -0.15) is 13.2 Å². The maximum Gasteiger partial charge on any atom is 0.417 e. The number of hydrogen-bond acceptors (Lipinski definition) is 2. The Labute approximate surface area is 151 Å². The van der Waals surface area contributed by atoms with Gasteiger partial charge in [0.2, 0.25) is 0 Å². The molecule has 8 heteroatoms. The molecule has 2 rings (SSSR count). The summed E-state index contributed by atoms with van der Waals surface area (Å²) in [6.45, 7) is 1.45. The highest BCUT2D eigenvalue weighted by molar-refractivity contribution is 6.42. The first kappa shape index (κ1) is 18.9. The van der Waals surface area contributed by atoms with Gasteiger partial charge >= 0.3 is 6.18 Å². The predicted octanol–water partition coefficient (Wildman–Crippen LogP) is 6.61. The van der Waals surface area contributed by atoms with Gasteiger partial charge in [0.25, 0.3) is 0 Å². The molecule has 0 aliphatic rings. The van der Waals surface area contributed by atoms with Crippen molar-refractivity contribution in [2.75, 3.05) is 0 Å². The molecular formula is C16H11Cl3F3NO. The summed E-state index contributed by atoms with van der Waals surface area (Å²) >= 11 is 17.5. The van der Waals surface area contributed by atoms with Crippen LogP contribution in [0.25, 0.3) is 0 Å². The first-order valence-electron chi connectivity index (χ1n) is 6.66. The molecule has 0 N–H and O–H groups in total. The summed E-state index contributed by atoms with van der Waals surface area (Å²) in [5, 5.41) is 4.67. The second-order valence-electron chi connectivity index (χ2n) is 4.89. The highest BCUT2D eigenvalue weighted by Crippen LogP contribution is 2.33. The molecule has 2 aromatic carbocycles. The van der Waals surface area contributed by atoms with Gasteiger partial charge in [0.05, 0.1) is 21.3 Å². The Kier molecular flexibility index (Phi) is 6.01. The van der Waals surface area contributed by atoms with E-state index in [4.69, 9.17) is 39.6 Å². The van der Waals surface area contributed by atoms with E-state index >= 15 is 0 Å². The minimum atomic E-state index is -4.51. The second kappa shape index (κ2) is 7.64. The lowest BCUT2D eigenvalue weighted by molar-refractivity contribution is -0.137. The lowest BCUT2D eigenvalue weighted by atomic mass is 10.0. The van der Waals surface area contributed by atoms with E-state index in [-0.39, 0.29) is 22.9 Å². The molecule has 2 nitrogen and oxygen atoms in total. The molecular weight excluding hydrogens is 386 g/mol. The molecule has 0 unspecified atom stereocenters. The van der Waals surface area contributed by atoms with Crippen LogP contribution in [0.5, 0.6) is 0 Å². The van der Waals surface area contributed by atoms with Crippen LogP contribution in [0.15, 0.2) is 41.6 Å². The quantitative estimate of drug-likeness (QED) is 0.421. The molecule has 0 bridgehead atoms. The van der Waals surface area contributed by atoms with E-state index in [0.29, 0.717) is 15.6 Å². The molecule has 0 aliphatic heterocycles. The van der Waals surface area contributed by atoms with Crippen molar-refractivity contribution in [1.29, 1.82) is 0 Å². The fraction of sp³-hybridized carbons (Fsp3) is 0.188. The highest BCUT2D eigenvalue weighted by atomic mass is 35.5. The zero-order valence-corrected chi connectivity index (χ0v) is 14.6. The highest BCUT2D eigenvalue weighted by Gasteiger charge is 2.34. The Morgan fingerprint density at radius 1 is 1.04 bits per heavy atom. The second-order valence-corrected chi connectivity index (χ2v) is 6.14. The molecule has 24 heavy (non-hydrogen) atoms. The Morgan fingerprint density at radius 2 is 1.75 bits per heavy atom. The lowest BCUT2D eigenvalue weighted by Gasteiger charge is -2.13. The smallest absolute Gasteiger partial charge is 0.391 e. The summed E-state index contributed by atoms with van der Waals surface area (Å²) in [4.78, 5) is 5.11. The molecule has 0 atom stereocenters. The van der Waals surface area contributed by atoms with Crippen LogP contribution < -0.4 is 0 Å². The first-order valence-corrected chi connectivity index (χ1v) is 7.79. The third kappa shape index (κ3) is 4.79. The molecule has 2 aromatic rings. The molecule has 0 spiro atoms. The van der Waals surface area contributed by atoms with Crippen LogP contribution in [0.4, 0.5) is 13.2 Å². The maximum absolute atomic E-state index is 13.0. The molecule has 0 aromatic heterocycles. The van der Waals surface area contributed by atoms with Crippen molar-refractivity contribution in [3.63, 3.8) is 0 Å². The Bertz CT molecular complexity index is 776. The van der Waals surface area contributed by atoms with E-state index in [1.165, 1.54) is 19.1 Å². The average molecular weight is 397 g/mol. The normalized spacial score (nSPS) is 12.4. The Hall–Kier alpha value is -1.43. The minimum Gasteiger partial charge on any atom is -0.391 e. The number of oxime groups is 1. The third-order valence-corrected chi connectivity index (χ3v) is 4.07. The van der Waals surface area contributed by atoms with Crippen LogP contribution in [-0.2, 0) is 17.6 Å². The van der Waals surface area contributed by atoms with E-state index in [2.05, 4.69) is 5.16 Å². The van der Waals surface area contributed by atoms with Crippen LogP contribution in [0.3, 0.4) is 0 Å². The van der Waals surface area contributed by atoms with Gasteiger partial charge in [0.1, 0.15) is 6.61 Å². The fourth-order valence-corrected chi connectivity index (χ4v) is 2.44. The summed E-state index contributed by atoms with van der Waals surface area (Å²) < 4.78 is 39.1. The zero-order valence-electron chi connectivity index (χ0n) is 12.3. The van der Waals surface area contributed by atoms with Gasteiger partial charge in [-0.15, -0.1) is 0 Å². The zero-order chi connectivity index (χ0) is 17.9. The summed E-state index contributed by atoms with van der Waals surface area (Å²) in [5.74, 6) is 0. The van der Waals surface area contributed by atoms with Crippen molar-refractivity contribution in [2.24, 2.45) is 5.16 Å². The molecule has 0 saturated heterocycles. The molecule has 0 fully saturated rings. The Morgan fingerprint density at radius 3 is 2.38 bits per heavy atom. The molecule has 128 valence electrons. The topological polar surface area (TPSA) is 21.6 Å². The van der Waals surface area contributed by atoms with Crippen LogP contribution in [0.2, 0.25) is 15.1 Å². The van der Waals surface area contributed by atoms with Gasteiger partial charge in [-0.05, 0) is 42.8 Å². The van der Waals surface area contributed by atoms with Crippen molar-refractivity contribution in [1.82, 2.24) is 0 Å². The van der Waals surface area contributed by atoms with Gasteiger partial charge in [0, 0.05) is 10.6 Å². The summed E-state index contributed by atoms with van der Waals surface area (Å²) in [7, 11) is 0. The molecule has 0 aliphatic carbocycles. The van der Waals surface area contributed by atoms with Gasteiger partial charge in [-0.25, -0.2) is 0 Å². The van der Waals surface area contributed by atoms with Crippen molar-refractivity contribution >= 4 is 40.5 Å². The molecule has 0 amide bonds. The largest absolute Gasteiger partial charge is 0.417 e. The van der Waals surface area contributed by atoms with E-state index in [1.54, 1.807) is 18.2 Å². The third-order valence-electron chi connectivity index (χ3n) is 3.09. The van der Waals surface area contributed by atoms with E-state index in [1.807, 2.05) is 0 Å². The average Bonchev–Trinajstić information content (AvgIpc) is 2.49. The summed E-state index contributed by atoms with van der Waals surface area (Å²) in [6.07, 6.45) is -4.51. The summed E-state index contributed by atoms with van der Waals surface area (Å²) in [5.41, 5.74) is -0.219. The van der Waals surface area contributed by atoms with Crippen molar-refractivity contribution in [3.05, 3.63) is 68.2 Å². The number of hydrogen-bond donors (Lipinski definition) is 0. The number of rotatable bonds is 4. The first-order chi connectivity index (χ1) is 11.2. The van der Waals surface area contributed by atoms with Gasteiger partial charge in [0.15, 0.2) is 0 Å². The summed E-state index contributed by atoms with van der Waals surface area (Å²) in [6, 6.07) is 8.16. The molecule has 0 heterocycles. The van der Waals surface area contributed by atoms with Crippen molar-refractivity contribution in [2.45, 2.75) is 19.7 Å². The van der Waals surface area contributed by atoms with Crippen LogP contribution in [0.1, 0.15) is 23.6 Å². The fourth-order valence-electron chi connectivity index (χ4n) is 1.95. The monoisotopic (exact) mass is 395 g/mol. The Balaban J connectivity index is 2.19. The van der Waals surface area contributed by atoms with Crippen LogP contribution >= 0.6 is 34.8 Å². The van der Waals surface area contributed by atoms with E-state index < -0.39 is 11.7 Å². The van der Waals surface area contributed by atoms with Gasteiger partial charge in [-0.1, -0.05) is 46.0 Å². The number of halogens is 6. The molecule has 0 saturated carbocycles. The standard InChI is InChI=1S/C16H11Cl3F3NO/c1-9(12-7-11(17)3-4-13(12)16(20,21)22)23-24-8-10-2-5-14(18)15(19)6-10/h2-7H,8H2,1H3. The van der Waals surface area contributed by atoms with Crippen LogP contribution in [0, 0.1) is 0 Å².